The third kappa shape index (κ3) is 4.80. The Morgan fingerprint density at radius 3 is 2.84 bits per heavy atom. The quantitative estimate of drug-likeness (QED) is 0.651. The summed E-state index contributed by atoms with van der Waals surface area (Å²) in [4.78, 5) is 1.42. The van der Waals surface area contributed by atoms with E-state index in [2.05, 4.69) is 24.3 Å². The number of ether oxygens (including phenoxy) is 3. The van der Waals surface area contributed by atoms with Crippen molar-refractivity contribution >= 4 is 11.8 Å². The third-order valence-electron chi connectivity index (χ3n) is 3.13. The van der Waals surface area contributed by atoms with Crippen molar-refractivity contribution in [2.75, 3.05) is 45.9 Å². The van der Waals surface area contributed by atoms with Crippen molar-refractivity contribution < 1.29 is 14.2 Å². The molecule has 1 atom stereocenters. The molecule has 0 radical (unpaired) electrons. The highest BCUT2D eigenvalue weighted by Gasteiger charge is 2.22. The van der Waals surface area contributed by atoms with Gasteiger partial charge in [-0.3, -0.25) is 0 Å². The van der Waals surface area contributed by atoms with Crippen LogP contribution in [0.5, 0.6) is 0 Å². The zero-order valence-electron chi connectivity index (χ0n) is 11.5. The molecule has 1 unspecified atom stereocenters. The highest BCUT2D eigenvalue weighted by molar-refractivity contribution is 7.99. The van der Waals surface area contributed by atoms with Crippen LogP contribution in [0, 0.1) is 0 Å². The lowest BCUT2D eigenvalue weighted by Crippen LogP contribution is -2.10. The smallest absolute Gasteiger partial charge is 0.0700 e. The molecule has 0 saturated heterocycles. The molecule has 106 valence electrons. The van der Waals surface area contributed by atoms with Crippen molar-refractivity contribution in [2.24, 2.45) is 0 Å². The molecule has 0 spiro atoms. The normalized spacial score (nSPS) is 17.6. The molecule has 1 aromatic carbocycles. The average molecular weight is 282 g/mol. The maximum atomic E-state index is 5.76. The number of benzene rings is 1. The number of thioether (sulfide) groups is 1. The second-order valence-corrected chi connectivity index (χ2v) is 5.64. The zero-order chi connectivity index (χ0) is 13.3. The van der Waals surface area contributed by atoms with Crippen LogP contribution in [0.3, 0.4) is 0 Å². The average Bonchev–Trinajstić information content (AvgIpc) is 2.85. The molecule has 2 rings (SSSR count). The van der Waals surface area contributed by atoms with Crippen molar-refractivity contribution in [1.29, 1.82) is 0 Å². The second-order valence-electron chi connectivity index (χ2n) is 4.58. The van der Waals surface area contributed by atoms with Crippen LogP contribution in [-0.4, -0.2) is 45.9 Å². The fourth-order valence-corrected chi connectivity index (χ4v) is 3.33. The van der Waals surface area contributed by atoms with Gasteiger partial charge in [-0.25, -0.2) is 0 Å². The maximum absolute atomic E-state index is 5.76. The first-order valence-electron chi connectivity index (χ1n) is 6.78. The Balaban J connectivity index is 1.55. The van der Waals surface area contributed by atoms with Crippen molar-refractivity contribution in [3.63, 3.8) is 0 Å². The molecule has 3 nitrogen and oxygen atoms in total. The zero-order valence-corrected chi connectivity index (χ0v) is 12.3. The van der Waals surface area contributed by atoms with E-state index in [1.54, 1.807) is 7.11 Å². The van der Waals surface area contributed by atoms with Crippen LogP contribution in [-0.2, 0) is 14.2 Å². The molecule has 1 heterocycles. The Kier molecular flexibility index (Phi) is 6.71. The molecular formula is C15H22O3S. The number of fused-ring (bicyclic) bond motifs is 1. The van der Waals surface area contributed by atoms with Gasteiger partial charge < -0.3 is 14.2 Å². The summed E-state index contributed by atoms with van der Waals surface area (Å²) in [5.41, 5.74) is 1.45. The first-order valence-corrected chi connectivity index (χ1v) is 7.76. The monoisotopic (exact) mass is 282 g/mol. The molecule has 0 N–H and O–H groups in total. The van der Waals surface area contributed by atoms with Gasteiger partial charge in [0.25, 0.3) is 0 Å². The molecule has 19 heavy (non-hydrogen) atoms. The van der Waals surface area contributed by atoms with Crippen molar-refractivity contribution in [2.45, 2.75) is 17.2 Å². The molecule has 0 amide bonds. The van der Waals surface area contributed by atoms with Gasteiger partial charge in [0.15, 0.2) is 0 Å². The van der Waals surface area contributed by atoms with Crippen LogP contribution in [0.1, 0.15) is 17.9 Å². The largest absolute Gasteiger partial charge is 0.382 e. The van der Waals surface area contributed by atoms with Crippen LogP contribution < -0.4 is 0 Å². The number of rotatable bonds is 9. The summed E-state index contributed by atoms with van der Waals surface area (Å²) in [6, 6.07) is 8.63. The van der Waals surface area contributed by atoms with E-state index in [-0.39, 0.29) is 0 Å². The van der Waals surface area contributed by atoms with Crippen LogP contribution in [0.15, 0.2) is 29.2 Å². The Morgan fingerprint density at radius 1 is 1.11 bits per heavy atom. The Bertz CT molecular complexity index is 370. The molecule has 0 fully saturated rings. The molecule has 0 bridgehead atoms. The number of hydrogen-bond acceptors (Lipinski definition) is 4. The van der Waals surface area contributed by atoms with Crippen LogP contribution in [0.4, 0.5) is 0 Å². The van der Waals surface area contributed by atoms with E-state index in [9.17, 15) is 0 Å². The highest BCUT2D eigenvalue weighted by Crippen LogP contribution is 2.39. The van der Waals surface area contributed by atoms with Gasteiger partial charge in [-0.1, -0.05) is 18.2 Å². The first-order chi connectivity index (χ1) is 9.42. The van der Waals surface area contributed by atoms with E-state index < -0.39 is 0 Å². The lowest BCUT2D eigenvalue weighted by molar-refractivity contribution is 0.0498. The fraction of sp³-hybridized carbons (Fsp3) is 0.600. The van der Waals surface area contributed by atoms with Gasteiger partial charge in [0.2, 0.25) is 0 Å². The summed E-state index contributed by atoms with van der Waals surface area (Å²) in [7, 11) is 1.68. The molecule has 1 aliphatic rings. The molecule has 0 saturated carbocycles. The van der Waals surface area contributed by atoms with Crippen molar-refractivity contribution in [1.82, 2.24) is 0 Å². The molecule has 1 aromatic rings. The molecule has 1 aliphatic heterocycles. The summed E-state index contributed by atoms with van der Waals surface area (Å²) in [5.74, 6) is 1.69. The second kappa shape index (κ2) is 8.59. The lowest BCUT2D eigenvalue weighted by atomic mass is 10.0. The summed E-state index contributed by atoms with van der Waals surface area (Å²) in [5, 5.41) is 0. The minimum Gasteiger partial charge on any atom is -0.382 e. The minimum absolute atomic E-state index is 0.551. The topological polar surface area (TPSA) is 27.7 Å². The summed E-state index contributed by atoms with van der Waals surface area (Å²) < 4.78 is 16.1. The molecule has 0 aliphatic carbocycles. The van der Waals surface area contributed by atoms with E-state index >= 15 is 0 Å². The predicted octanol–water partition coefficient (Wildman–Crippen LogP) is 2.95. The van der Waals surface area contributed by atoms with E-state index in [0.29, 0.717) is 19.1 Å². The standard InChI is InChI=1S/C15H22O3S/c1-16-9-10-17-7-4-8-18-11-13-12-19-15-6-3-2-5-14(13)15/h2-3,5-6,13H,4,7-12H2,1H3. The first kappa shape index (κ1) is 14.9. The van der Waals surface area contributed by atoms with Gasteiger partial charge >= 0.3 is 0 Å². The van der Waals surface area contributed by atoms with E-state index in [0.717, 1.165) is 32.0 Å². The molecule has 0 aromatic heterocycles. The van der Waals surface area contributed by atoms with Crippen molar-refractivity contribution in [3.8, 4) is 0 Å². The summed E-state index contributed by atoms with van der Waals surface area (Å²) in [6.45, 7) is 3.68. The number of methoxy groups -OCH3 is 1. The Labute approximate surface area is 119 Å². The minimum atomic E-state index is 0.551. The van der Waals surface area contributed by atoms with Gasteiger partial charge in [0.1, 0.15) is 0 Å². The van der Waals surface area contributed by atoms with E-state index in [4.69, 9.17) is 14.2 Å². The van der Waals surface area contributed by atoms with E-state index in [1.165, 1.54) is 10.5 Å². The van der Waals surface area contributed by atoms with Crippen LogP contribution in [0.2, 0.25) is 0 Å². The van der Waals surface area contributed by atoms with Crippen LogP contribution in [0.25, 0.3) is 0 Å². The highest BCUT2D eigenvalue weighted by atomic mass is 32.2. The fourth-order valence-electron chi connectivity index (χ4n) is 2.10. The Morgan fingerprint density at radius 2 is 1.95 bits per heavy atom. The van der Waals surface area contributed by atoms with E-state index in [1.807, 2.05) is 11.8 Å². The van der Waals surface area contributed by atoms with Gasteiger partial charge in [-0.15, -0.1) is 11.8 Å². The molecular weight excluding hydrogens is 260 g/mol. The van der Waals surface area contributed by atoms with Gasteiger partial charge in [-0.2, -0.15) is 0 Å². The van der Waals surface area contributed by atoms with Gasteiger partial charge in [0, 0.05) is 36.9 Å². The molecule has 4 heteroatoms. The van der Waals surface area contributed by atoms with Crippen LogP contribution >= 0.6 is 11.8 Å². The Hall–Kier alpha value is -0.550. The maximum Gasteiger partial charge on any atom is 0.0700 e. The third-order valence-corrected chi connectivity index (χ3v) is 4.38. The summed E-state index contributed by atoms with van der Waals surface area (Å²) >= 11 is 1.93. The lowest BCUT2D eigenvalue weighted by Gasteiger charge is -2.11. The van der Waals surface area contributed by atoms with Gasteiger partial charge in [-0.05, 0) is 18.1 Å². The van der Waals surface area contributed by atoms with Gasteiger partial charge in [0.05, 0.1) is 19.8 Å². The predicted molar refractivity (Wildman–Crippen MR) is 78.0 cm³/mol. The van der Waals surface area contributed by atoms with Crippen molar-refractivity contribution in [3.05, 3.63) is 29.8 Å². The summed E-state index contributed by atoms with van der Waals surface area (Å²) in [6.07, 6.45) is 0.950. The number of hydrogen-bond donors (Lipinski definition) is 0. The SMILES string of the molecule is COCCOCCCOCC1CSc2ccccc21.